The molecule has 0 bridgehead atoms. The monoisotopic (exact) mass is 244 g/mol. The van der Waals surface area contributed by atoms with Gasteiger partial charge in [-0.1, -0.05) is 19.9 Å². The highest BCUT2D eigenvalue weighted by atomic mass is 35.5. The summed E-state index contributed by atoms with van der Waals surface area (Å²) < 4.78 is 18.5. The molecule has 3 heteroatoms. The Morgan fingerprint density at radius 3 is 2.50 bits per heavy atom. The van der Waals surface area contributed by atoms with Gasteiger partial charge in [-0.15, -0.1) is 11.6 Å². The van der Waals surface area contributed by atoms with Crippen LogP contribution in [0.2, 0.25) is 0 Å². The van der Waals surface area contributed by atoms with Crippen molar-refractivity contribution in [3.05, 3.63) is 29.6 Å². The molecule has 1 unspecified atom stereocenters. The smallest absolute Gasteiger partial charge is 0.165 e. The molecule has 90 valence electrons. The van der Waals surface area contributed by atoms with E-state index < -0.39 is 0 Å². The van der Waals surface area contributed by atoms with Crippen LogP contribution in [0, 0.1) is 5.82 Å². The maximum absolute atomic E-state index is 13.6. The van der Waals surface area contributed by atoms with Gasteiger partial charge in [0, 0.05) is 5.38 Å². The van der Waals surface area contributed by atoms with Crippen LogP contribution >= 0.6 is 11.6 Å². The standard InChI is InChI=1S/C13H18ClFO/c1-9(14)8-13(2,3)10-5-6-12(16-4)11(15)7-10/h5-7,9H,8H2,1-4H3. The summed E-state index contributed by atoms with van der Waals surface area (Å²) in [4.78, 5) is 0. The van der Waals surface area contributed by atoms with Crippen molar-refractivity contribution < 1.29 is 9.13 Å². The molecular formula is C13H18ClFO. The second-order valence-electron chi connectivity index (χ2n) is 4.72. The first-order valence-electron chi connectivity index (χ1n) is 5.35. The van der Waals surface area contributed by atoms with Gasteiger partial charge in [-0.05, 0) is 36.5 Å². The number of ether oxygens (including phenoxy) is 1. The Morgan fingerprint density at radius 1 is 1.44 bits per heavy atom. The van der Waals surface area contributed by atoms with Crippen molar-refractivity contribution in [1.29, 1.82) is 0 Å². The number of benzene rings is 1. The van der Waals surface area contributed by atoms with Crippen LogP contribution in [0.25, 0.3) is 0 Å². The number of halogens is 2. The van der Waals surface area contributed by atoms with Crippen molar-refractivity contribution in [2.45, 2.75) is 38.0 Å². The Hall–Kier alpha value is -0.760. The Labute approximate surface area is 102 Å². The molecule has 1 aromatic rings. The van der Waals surface area contributed by atoms with Gasteiger partial charge >= 0.3 is 0 Å². The third kappa shape index (κ3) is 3.11. The molecule has 1 aromatic carbocycles. The molecule has 0 fully saturated rings. The normalized spacial score (nSPS) is 13.6. The largest absolute Gasteiger partial charge is 0.494 e. The minimum atomic E-state index is -0.324. The summed E-state index contributed by atoms with van der Waals surface area (Å²) in [7, 11) is 1.46. The van der Waals surface area contributed by atoms with E-state index in [0.29, 0.717) is 0 Å². The van der Waals surface area contributed by atoms with Crippen molar-refractivity contribution in [3.63, 3.8) is 0 Å². The number of alkyl halides is 1. The molecule has 1 atom stereocenters. The van der Waals surface area contributed by atoms with Crippen molar-refractivity contribution >= 4 is 11.6 Å². The van der Waals surface area contributed by atoms with E-state index in [1.165, 1.54) is 13.2 Å². The molecular weight excluding hydrogens is 227 g/mol. The van der Waals surface area contributed by atoms with E-state index in [1.807, 2.05) is 13.0 Å². The molecule has 0 saturated heterocycles. The van der Waals surface area contributed by atoms with Crippen molar-refractivity contribution in [3.8, 4) is 5.75 Å². The molecule has 0 aliphatic rings. The van der Waals surface area contributed by atoms with E-state index in [9.17, 15) is 4.39 Å². The third-order valence-electron chi connectivity index (χ3n) is 2.72. The Kier molecular flexibility index (Phi) is 4.20. The molecule has 0 aromatic heterocycles. The molecule has 1 nitrogen and oxygen atoms in total. The van der Waals surface area contributed by atoms with Gasteiger partial charge in [0.05, 0.1) is 7.11 Å². The summed E-state index contributed by atoms with van der Waals surface area (Å²) in [5, 5.41) is 0.0696. The lowest BCUT2D eigenvalue weighted by Crippen LogP contribution is -2.21. The van der Waals surface area contributed by atoms with E-state index in [2.05, 4.69) is 13.8 Å². The highest BCUT2D eigenvalue weighted by Gasteiger charge is 2.23. The van der Waals surface area contributed by atoms with Crippen LogP contribution in [-0.4, -0.2) is 12.5 Å². The molecule has 0 aliphatic heterocycles. The maximum Gasteiger partial charge on any atom is 0.165 e. The van der Waals surface area contributed by atoms with E-state index in [4.69, 9.17) is 16.3 Å². The topological polar surface area (TPSA) is 9.23 Å². The molecule has 0 saturated carbocycles. The average Bonchev–Trinajstić information content (AvgIpc) is 2.15. The fraction of sp³-hybridized carbons (Fsp3) is 0.538. The van der Waals surface area contributed by atoms with Crippen LogP contribution < -0.4 is 4.74 Å². The molecule has 0 radical (unpaired) electrons. The zero-order valence-corrected chi connectivity index (χ0v) is 10.9. The van der Waals surface area contributed by atoms with E-state index in [-0.39, 0.29) is 22.4 Å². The molecule has 1 rings (SSSR count). The summed E-state index contributed by atoms with van der Waals surface area (Å²) in [6.45, 7) is 6.07. The minimum Gasteiger partial charge on any atom is -0.494 e. The van der Waals surface area contributed by atoms with Crippen LogP contribution in [0.3, 0.4) is 0 Å². The molecule has 0 heterocycles. The average molecular weight is 245 g/mol. The van der Waals surface area contributed by atoms with Crippen molar-refractivity contribution in [2.24, 2.45) is 0 Å². The summed E-state index contributed by atoms with van der Waals surface area (Å²) >= 11 is 5.99. The van der Waals surface area contributed by atoms with Gasteiger partial charge in [-0.3, -0.25) is 0 Å². The highest BCUT2D eigenvalue weighted by Crippen LogP contribution is 2.32. The molecule has 0 amide bonds. The van der Waals surface area contributed by atoms with Gasteiger partial charge in [-0.25, -0.2) is 4.39 Å². The predicted octanol–water partition coefficient (Wildman–Crippen LogP) is 4.13. The number of rotatable bonds is 4. The summed E-state index contributed by atoms with van der Waals surface area (Å²) in [5.74, 6) is -0.0474. The Bertz CT molecular complexity index is 361. The SMILES string of the molecule is COc1ccc(C(C)(C)CC(C)Cl)cc1F. The third-order valence-corrected chi connectivity index (χ3v) is 2.88. The van der Waals surface area contributed by atoms with Gasteiger partial charge < -0.3 is 4.74 Å². The quantitative estimate of drug-likeness (QED) is 0.724. The first kappa shape index (κ1) is 13.3. The lowest BCUT2D eigenvalue weighted by molar-refractivity contribution is 0.384. The first-order chi connectivity index (χ1) is 7.36. The summed E-state index contributed by atoms with van der Waals surface area (Å²) in [6.07, 6.45) is 0.806. The van der Waals surface area contributed by atoms with Crippen LogP contribution in [0.1, 0.15) is 32.8 Å². The molecule has 0 aliphatic carbocycles. The fourth-order valence-electron chi connectivity index (χ4n) is 1.91. The Balaban J connectivity index is 3.00. The lowest BCUT2D eigenvalue weighted by atomic mass is 9.80. The second-order valence-corrected chi connectivity index (χ2v) is 5.46. The van der Waals surface area contributed by atoms with Crippen LogP contribution in [0.15, 0.2) is 18.2 Å². The number of hydrogen-bond donors (Lipinski definition) is 0. The minimum absolute atomic E-state index is 0.0696. The van der Waals surface area contributed by atoms with E-state index in [1.54, 1.807) is 6.07 Å². The first-order valence-corrected chi connectivity index (χ1v) is 5.78. The van der Waals surface area contributed by atoms with Gasteiger partial charge in [0.2, 0.25) is 0 Å². The van der Waals surface area contributed by atoms with Crippen LogP contribution in [-0.2, 0) is 5.41 Å². The molecule has 0 N–H and O–H groups in total. The summed E-state index contributed by atoms with van der Waals surface area (Å²) in [6, 6.07) is 5.07. The van der Waals surface area contributed by atoms with Crippen molar-refractivity contribution in [2.75, 3.05) is 7.11 Å². The van der Waals surface area contributed by atoms with Crippen LogP contribution in [0.4, 0.5) is 4.39 Å². The lowest BCUT2D eigenvalue weighted by Gasteiger charge is -2.26. The fourth-order valence-corrected chi connectivity index (χ4v) is 2.29. The van der Waals surface area contributed by atoms with Crippen molar-refractivity contribution in [1.82, 2.24) is 0 Å². The van der Waals surface area contributed by atoms with E-state index in [0.717, 1.165) is 12.0 Å². The molecule has 16 heavy (non-hydrogen) atoms. The zero-order valence-electron chi connectivity index (χ0n) is 10.2. The number of hydrogen-bond acceptors (Lipinski definition) is 1. The van der Waals surface area contributed by atoms with Gasteiger partial charge in [0.25, 0.3) is 0 Å². The Morgan fingerprint density at radius 2 is 2.06 bits per heavy atom. The second kappa shape index (κ2) is 5.05. The molecule has 0 spiro atoms. The van der Waals surface area contributed by atoms with Crippen LogP contribution in [0.5, 0.6) is 5.75 Å². The van der Waals surface area contributed by atoms with E-state index >= 15 is 0 Å². The predicted molar refractivity (Wildman–Crippen MR) is 65.9 cm³/mol. The maximum atomic E-state index is 13.6. The van der Waals surface area contributed by atoms with Gasteiger partial charge in [-0.2, -0.15) is 0 Å². The zero-order chi connectivity index (χ0) is 12.3. The summed E-state index contributed by atoms with van der Waals surface area (Å²) in [5.41, 5.74) is 0.812. The van der Waals surface area contributed by atoms with Gasteiger partial charge in [0.1, 0.15) is 0 Å². The number of methoxy groups -OCH3 is 1. The van der Waals surface area contributed by atoms with Gasteiger partial charge in [0.15, 0.2) is 11.6 Å². The highest BCUT2D eigenvalue weighted by molar-refractivity contribution is 6.20.